The highest BCUT2D eigenvalue weighted by Crippen LogP contribution is 2.18. The molecule has 8 heteroatoms. The van der Waals surface area contributed by atoms with E-state index in [9.17, 15) is 22.8 Å². The van der Waals surface area contributed by atoms with E-state index in [1.54, 1.807) is 6.07 Å². The van der Waals surface area contributed by atoms with Crippen LogP contribution in [0.3, 0.4) is 0 Å². The molecule has 0 bridgehead atoms. The number of carbonyl (C=O) groups excluding carboxylic acids is 1. The molecule has 0 aliphatic carbocycles. The fourth-order valence-electron chi connectivity index (χ4n) is 1.22. The van der Waals surface area contributed by atoms with Gasteiger partial charge in [0.15, 0.2) is 0 Å². The number of para-hydroxylation sites is 1. The number of hydrogen-bond acceptors (Lipinski definition) is 3. The number of carboxylic acid groups (broad SMARTS) is 1. The fourth-order valence-corrected chi connectivity index (χ4v) is 1.22. The maximum absolute atomic E-state index is 12.2. The summed E-state index contributed by atoms with van der Waals surface area (Å²) in [5.74, 6) is -1.53. The van der Waals surface area contributed by atoms with Crippen molar-refractivity contribution in [2.45, 2.75) is 6.18 Å². The van der Waals surface area contributed by atoms with Gasteiger partial charge in [-0.05, 0) is 12.1 Å². The first-order chi connectivity index (χ1) is 8.78. The fraction of sp³-hybridized carbons (Fsp3) is 0.273. The number of rotatable bonds is 4. The van der Waals surface area contributed by atoms with Crippen molar-refractivity contribution >= 4 is 12.1 Å². The summed E-state index contributed by atoms with van der Waals surface area (Å²) in [5.41, 5.74) is 0. The van der Waals surface area contributed by atoms with Crippen LogP contribution in [0.15, 0.2) is 30.3 Å². The van der Waals surface area contributed by atoms with Gasteiger partial charge in [0.05, 0.1) is 0 Å². The molecule has 0 unspecified atom stereocenters. The zero-order valence-electron chi connectivity index (χ0n) is 9.55. The second-order valence-electron chi connectivity index (χ2n) is 3.55. The summed E-state index contributed by atoms with van der Waals surface area (Å²) in [5, 5.41) is 8.48. The molecule has 1 aromatic rings. The van der Waals surface area contributed by atoms with Crippen LogP contribution in [-0.4, -0.2) is 41.3 Å². The van der Waals surface area contributed by atoms with Gasteiger partial charge >= 0.3 is 18.2 Å². The molecule has 104 valence electrons. The van der Waals surface area contributed by atoms with Crippen molar-refractivity contribution in [1.29, 1.82) is 0 Å². The van der Waals surface area contributed by atoms with Gasteiger partial charge in [-0.3, -0.25) is 9.69 Å². The molecule has 19 heavy (non-hydrogen) atoms. The quantitative estimate of drug-likeness (QED) is 0.915. The lowest BCUT2D eigenvalue weighted by Crippen LogP contribution is -2.43. The number of carbonyl (C=O) groups is 2. The van der Waals surface area contributed by atoms with Crippen LogP contribution >= 0.6 is 0 Å². The van der Waals surface area contributed by atoms with Gasteiger partial charge in [0.2, 0.25) is 0 Å². The molecule has 1 N–H and O–H groups in total. The molecular weight excluding hydrogens is 267 g/mol. The van der Waals surface area contributed by atoms with Gasteiger partial charge in [0.25, 0.3) is 0 Å². The standard InChI is InChI=1S/C11H10F3NO4/c12-11(13,14)7-15(6-9(16)17)10(18)19-8-4-2-1-3-5-8/h1-5H,6-7H2,(H,16,17). The number of ether oxygens (including phenoxy) is 1. The molecule has 1 rings (SSSR count). The lowest BCUT2D eigenvalue weighted by atomic mass is 10.3. The highest BCUT2D eigenvalue weighted by atomic mass is 19.4. The molecular formula is C11H10F3NO4. The first kappa shape index (κ1) is 14.8. The minimum absolute atomic E-state index is 0.0325. The molecule has 0 saturated carbocycles. The van der Waals surface area contributed by atoms with E-state index in [0.29, 0.717) is 0 Å². The van der Waals surface area contributed by atoms with Crippen LogP contribution in [0.4, 0.5) is 18.0 Å². The molecule has 0 aliphatic heterocycles. The number of nitrogens with zero attached hydrogens (tertiary/aromatic N) is 1. The van der Waals surface area contributed by atoms with Crippen molar-refractivity contribution in [3.05, 3.63) is 30.3 Å². The van der Waals surface area contributed by atoms with Crippen molar-refractivity contribution in [1.82, 2.24) is 4.90 Å². The van der Waals surface area contributed by atoms with Gasteiger partial charge in [-0.1, -0.05) is 18.2 Å². The third kappa shape index (κ3) is 5.75. The van der Waals surface area contributed by atoms with E-state index >= 15 is 0 Å². The molecule has 0 aromatic heterocycles. The van der Waals surface area contributed by atoms with Crippen LogP contribution in [0.25, 0.3) is 0 Å². The Morgan fingerprint density at radius 2 is 1.79 bits per heavy atom. The number of hydrogen-bond donors (Lipinski definition) is 1. The first-order valence-corrected chi connectivity index (χ1v) is 5.08. The Morgan fingerprint density at radius 3 is 2.26 bits per heavy atom. The molecule has 0 saturated heterocycles. The van der Waals surface area contributed by atoms with Crippen molar-refractivity contribution in [2.24, 2.45) is 0 Å². The van der Waals surface area contributed by atoms with Gasteiger partial charge < -0.3 is 9.84 Å². The van der Waals surface area contributed by atoms with E-state index < -0.39 is 31.3 Å². The van der Waals surface area contributed by atoms with Gasteiger partial charge in [-0.15, -0.1) is 0 Å². The van der Waals surface area contributed by atoms with Crippen LogP contribution in [0.1, 0.15) is 0 Å². The van der Waals surface area contributed by atoms with Crippen molar-refractivity contribution in [3.8, 4) is 5.75 Å². The highest BCUT2D eigenvalue weighted by Gasteiger charge is 2.34. The van der Waals surface area contributed by atoms with Crippen molar-refractivity contribution in [2.75, 3.05) is 13.1 Å². The minimum Gasteiger partial charge on any atom is -0.480 e. The average Bonchev–Trinajstić information content (AvgIpc) is 2.27. The average molecular weight is 277 g/mol. The molecule has 0 fully saturated rings. The summed E-state index contributed by atoms with van der Waals surface area (Å²) in [4.78, 5) is 22.0. The Labute approximate surface area is 106 Å². The summed E-state index contributed by atoms with van der Waals surface area (Å²) in [6.07, 6.45) is -6.07. The monoisotopic (exact) mass is 277 g/mol. The van der Waals surface area contributed by atoms with Crippen LogP contribution in [0, 0.1) is 0 Å². The summed E-state index contributed by atoms with van der Waals surface area (Å²) < 4.78 is 41.3. The molecule has 0 heterocycles. The summed E-state index contributed by atoms with van der Waals surface area (Å²) in [7, 11) is 0. The second-order valence-corrected chi connectivity index (χ2v) is 3.55. The Kier molecular flexibility index (Phi) is 4.74. The number of halogens is 3. The van der Waals surface area contributed by atoms with E-state index in [1.165, 1.54) is 24.3 Å². The number of benzene rings is 1. The lowest BCUT2D eigenvalue weighted by molar-refractivity contribution is -0.150. The zero-order valence-corrected chi connectivity index (χ0v) is 9.55. The smallest absolute Gasteiger partial charge is 0.416 e. The molecule has 1 amide bonds. The first-order valence-electron chi connectivity index (χ1n) is 5.08. The van der Waals surface area contributed by atoms with Crippen LogP contribution in [0.5, 0.6) is 5.75 Å². The zero-order chi connectivity index (χ0) is 14.5. The molecule has 0 atom stereocenters. The molecule has 0 spiro atoms. The number of carboxylic acids is 1. The van der Waals surface area contributed by atoms with Crippen LogP contribution < -0.4 is 4.74 Å². The summed E-state index contributed by atoms with van der Waals surface area (Å²) in [6.45, 7) is -2.78. The van der Waals surface area contributed by atoms with Gasteiger partial charge in [-0.25, -0.2) is 4.79 Å². The predicted molar refractivity (Wildman–Crippen MR) is 57.7 cm³/mol. The van der Waals surface area contributed by atoms with E-state index in [2.05, 4.69) is 4.74 Å². The van der Waals surface area contributed by atoms with E-state index in [0.717, 1.165) is 0 Å². The molecule has 0 aliphatic rings. The summed E-state index contributed by atoms with van der Waals surface area (Å²) >= 11 is 0. The molecule has 5 nitrogen and oxygen atoms in total. The Morgan fingerprint density at radius 1 is 1.21 bits per heavy atom. The summed E-state index contributed by atoms with van der Waals surface area (Å²) in [6, 6.07) is 7.40. The largest absolute Gasteiger partial charge is 0.480 e. The van der Waals surface area contributed by atoms with E-state index in [-0.39, 0.29) is 10.6 Å². The van der Waals surface area contributed by atoms with Crippen LogP contribution in [-0.2, 0) is 4.79 Å². The topological polar surface area (TPSA) is 66.8 Å². The molecule has 1 aromatic carbocycles. The lowest BCUT2D eigenvalue weighted by Gasteiger charge is -2.21. The maximum Gasteiger partial charge on any atom is 0.416 e. The minimum atomic E-state index is -4.70. The Balaban J connectivity index is 2.74. The van der Waals surface area contributed by atoms with E-state index in [4.69, 9.17) is 5.11 Å². The van der Waals surface area contributed by atoms with Gasteiger partial charge in [-0.2, -0.15) is 13.2 Å². The number of alkyl halides is 3. The Hall–Kier alpha value is -2.25. The third-order valence-corrected chi connectivity index (χ3v) is 1.90. The third-order valence-electron chi connectivity index (χ3n) is 1.90. The number of aliphatic carboxylic acids is 1. The predicted octanol–water partition coefficient (Wildman–Crippen LogP) is 2.13. The van der Waals surface area contributed by atoms with Gasteiger partial charge in [0, 0.05) is 0 Å². The van der Waals surface area contributed by atoms with Crippen LogP contribution in [0.2, 0.25) is 0 Å². The molecule has 0 radical (unpaired) electrons. The number of amides is 1. The second kappa shape index (κ2) is 6.07. The van der Waals surface area contributed by atoms with Crippen molar-refractivity contribution < 1.29 is 32.6 Å². The van der Waals surface area contributed by atoms with Gasteiger partial charge in [0.1, 0.15) is 18.8 Å². The Bertz CT molecular complexity index is 447. The van der Waals surface area contributed by atoms with E-state index in [1.807, 2.05) is 0 Å². The highest BCUT2D eigenvalue weighted by molar-refractivity contribution is 5.78. The normalized spacial score (nSPS) is 10.9. The maximum atomic E-state index is 12.2. The van der Waals surface area contributed by atoms with Crippen molar-refractivity contribution in [3.63, 3.8) is 0 Å². The SMILES string of the molecule is O=C(O)CN(CC(F)(F)F)C(=O)Oc1ccccc1.